The maximum Gasteiger partial charge on any atom is 0.264 e. The van der Waals surface area contributed by atoms with Crippen LogP contribution in [-0.4, -0.2) is 38.4 Å². The molecule has 4 rings (SSSR count). The minimum absolute atomic E-state index is 0.00665. The monoisotopic (exact) mass is 505 g/mol. The second kappa shape index (κ2) is 10.2. The molecule has 192 valence electrons. The minimum Gasteiger partial charge on any atom is -0.363 e. The summed E-state index contributed by atoms with van der Waals surface area (Å²) >= 11 is 0. The van der Waals surface area contributed by atoms with E-state index in [1.807, 2.05) is 0 Å². The van der Waals surface area contributed by atoms with E-state index in [1.54, 1.807) is 24.9 Å². The van der Waals surface area contributed by atoms with Gasteiger partial charge in [-0.25, -0.2) is 27.5 Å². The van der Waals surface area contributed by atoms with Crippen molar-refractivity contribution in [3.8, 4) is 0 Å². The third-order valence-corrected chi connectivity index (χ3v) is 6.86. The Morgan fingerprint density at radius 1 is 1.08 bits per heavy atom. The van der Waals surface area contributed by atoms with Crippen molar-refractivity contribution in [2.45, 2.75) is 51.5 Å². The summed E-state index contributed by atoms with van der Waals surface area (Å²) in [5, 5.41) is 3.58. The van der Waals surface area contributed by atoms with Crippen molar-refractivity contribution in [2.24, 2.45) is 7.05 Å². The van der Waals surface area contributed by atoms with Gasteiger partial charge in [0.15, 0.2) is 0 Å². The first-order valence-electron chi connectivity index (χ1n) is 11.7. The van der Waals surface area contributed by atoms with Crippen molar-refractivity contribution in [2.75, 3.05) is 18.4 Å². The maximum atomic E-state index is 13.8. The number of alkyl halides is 4. The number of hydrogen-bond donors (Lipinski definition) is 1. The summed E-state index contributed by atoms with van der Waals surface area (Å²) in [6.07, 6.45) is -3.60. The number of halogens is 4. The van der Waals surface area contributed by atoms with Gasteiger partial charge in [-0.05, 0) is 37.3 Å². The SMILES string of the molecule is CC(=O)N1CCC(c2cc3c(N[C@H](C)c4cccc(C(F)F)c4C(F)F)ncnc3n(C)c2=O)CC1. The zero-order valence-corrected chi connectivity index (χ0v) is 20.1. The topological polar surface area (TPSA) is 80.1 Å². The lowest BCUT2D eigenvalue weighted by Crippen LogP contribution is -2.38. The van der Waals surface area contributed by atoms with Gasteiger partial charge in [-0.2, -0.15) is 0 Å². The molecule has 0 unspecified atom stereocenters. The van der Waals surface area contributed by atoms with Crippen molar-refractivity contribution in [3.63, 3.8) is 0 Å². The summed E-state index contributed by atoms with van der Waals surface area (Å²) < 4.78 is 55.8. The van der Waals surface area contributed by atoms with E-state index in [2.05, 4.69) is 15.3 Å². The van der Waals surface area contributed by atoms with Crippen LogP contribution in [0.4, 0.5) is 23.4 Å². The highest BCUT2D eigenvalue weighted by Crippen LogP contribution is 2.37. The number of anilines is 1. The van der Waals surface area contributed by atoms with Gasteiger partial charge in [-0.15, -0.1) is 0 Å². The lowest BCUT2D eigenvalue weighted by atomic mass is 9.89. The van der Waals surface area contributed by atoms with Gasteiger partial charge in [0.25, 0.3) is 18.4 Å². The first-order valence-corrected chi connectivity index (χ1v) is 11.7. The Kier molecular flexibility index (Phi) is 7.28. The molecule has 0 saturated carbocycles. The van der Waals surface area contributed by atoms with Crippen LogP contribution < -0.4 is 10.9 Å². The van der Waals surface area contributed by atoms with Crippen molar-refractivity contribution in [1.82, 2.24) is 19.4 Å². The van der Waals surface area contributed by atoms with E-state index in [0.29, 0.717) is 48.3 Å². The Bertz CT molecular complexity index is 1340. The Hall–Kier alpha value is -3.50. The standard InChI is InChI=1S/C25H27F4N5O2/c1-13(16-5-4-6-17(21(26)27)20(16)22(28)29)32-23-19-11-18(15-7-9-34(10-8-15)14(2)35)25(36)33(3)24(19)31-12-30-23/h4-6,11-13,15,21-22H,7-10H2,1-3H3,(H,30,31,32)/t13-/m1/s1. The Morgan fingerprint density at radius 2 is 1.75 bits per heavy atom. The molecular weight excluding hydrogens is 478 g/mol. The number of pyridine rings is 1. The van der Waals surface area contributed by atoms with Crippen LogP contribution in [0.5, 0.6) is 0 Å². The second-order valence-electron chi connectivity index (χ2n) is 9.02. The predicted molar refractivity (Wildman–Crippen MR) is 127 cm³/mol. The molecule has 3 aromatic rings. The summed E-state index contributed by atoms with van der Waals surface area (Å²) in [4.78, 5) is 35.0. The fourth-order valence-corrected chi connectivity index (χ4v) is 4.91. The number of fused-ring (bicyclic) bond motifs is 1. The molecule has 0 spiro atoms. The highest BCUT2D eigenvalue weighted by molar-refractivity contribution is 5.87. The quantitative estimate of drug-likeness (QED) is 0.472. The first kappa shape index (κ1) is 25.6. The number of nitrogens with one attached hydrogen (secondary N) is 1. The maximum absolute atomic E-state index is 13.8. The van der Waals surface area contributed by atoms with Gasteiger partial charge in [0.1, 0.15) is 17.8 Å². The van der Waals surface area contributed by atoms with Crippen LogP contribution >= 0.6 is 0 Å². The van der Waals surface area contributed by atoms with E-state index in [0.717, 1.165) is 6.07 Å². The molecule has 1 aliphatic heterocycles. The third-order valence-electron chi connectivity index (χ3n) is 6.86. The average molecular weight is 506 g/mol. The summed E-state index contributed by atoms with van der Waals surface area (Å²) in [5.41, 5.74) is -0.652. The number of piperidine rings is 1. The number of rotatable bonds is 6. The number of carbonyl (C=O) groups is 1. The summed E-state index contributed by atoms with van der Waals surface area (Å²) in [7, 11) is 1.60. The first-order chi connectivity index (χ1) is 17.1. The average Bonchev–Trinajstić information content (AvgIpc) is 2.85. The molecular formula is C25H27F4N5O2. The summed E-state index contributed by atoms with van der Waals surface area (Å²) in [6.45, 7) is 4.20. The van der Waals surface area contributed by atoms with Crippen LogP contribution in [0.25, 0.3) is 11.0 Å². The highest BCUT2D eigenvalue weighted by Gasteiger charge is 2.27. The molecule has 3 heterocycles. The number of aryl methyl sites for hydroxylation is 1. The van der Waals surface area contributed by atoms with Gasteiger partial charge >= 0.3 is 0 Å². The molecule has 1 aromatic carbocycles. The van der Waals surface area contributed by atoms with Crippen molar-refractivity contribution >= 4 is 22.8 Å². The van der Waals surface area contributed by atoms with Gasteiger partial charge in [-0.3, -0.25) is 14.2 Å². The van der Waals surface area contributed by atoms with E-state index >= 15 is 0 Å². The number of carbonyl (C=O) groups excluding carboxylic acids is 1. The molecule has 0 aliphatic carbocycles. The zero-order chi connectivity index (χ0) is 26.1. The molecule has 2 aromatic heterocycles. The van der Waals surface area contributed by atoms with Gasteiger partial charge < -0.3 is 10.2 Å². The zero-order valence-electron chi connectivity index (χ0n) is 20.1. The van der Waals surface area contributed by atoms with E-state index in [9.17, 15) is 27.2 Å². The van der Waals surface area contributed by atoms with Crippen LogP contribution in [0.15, 0.2) is 35.4 Å². The number of likely N-dealkylation sites (tertiary alicyclic amines) is 1. The molecule has 1 N–H and O–H groups in total. The smallest absolute Gasteiger partial charge is 0.264 e. The Balaban J connectivity index is 1.73. The van der Waals surface area contributed by atoms with E-state index in [1.165, 1.54) is 30.0 Å². The lowest BCUT2D eigenvalue weighted by molar-refractivity contribution is -0.129. The Labute approximate surface area is 205 Å². The van der Waals surface area contributed by atoms with Crippen molar-refractivity contribution in [3.05, 3.63) is 63.2 Å². The Morgan fingerprint density at radius 3 is 2.36 bits per heavy atom. The summed E-state index contributed by atoms with van der Waals surface area (Å²) in [5.74, 6) is 0.225. The number of amides is 1. The fraction of sp³-hybridized carbons (Fsp3) is 0.440. The molecule has 1 saturated heterocycles. The highest BCUT2D eigenvalue weighted by atomic mass is 19.3. The predicted octanol–water partition coefficient (Wildman–Crippen LogP) is 5.10. The van der Waals surface area contributed by atoms with Crippen LogP contribution in [0.3, 0.4) is 0 Å². The van der Waals surface area contributed by atoms with E-state index < -0.39 is 30.0 Å². The van der Waals surface area contributed by atoms with Crippen LogP contribution in [-0.2, 0) is 11.8 Å². The molecule has 1 amide bonds. The van der Waals surface area contributed by atoms with Crippen molar-refractivity contribution < 1.29 is 22.4 Å². The van der Waals surface area contributed by atoms with E-state index in [4.69, 9.17) is 0 Å². The summed E-state index contributed by atoms with van der Waals surface area (Å²) in [6, 6.07) is 4.64. The van der Waals surface area contributed by atoms with Crippen LogP contribution in [0.2, 0.25) is 0 Å². The fourth-order valence-electron chi connectivity index (χ4n) is 4.91. The largest absolute Gasteiger partial charge is 0.363 e. The molecule has 1 aliphatic rings. The second-order valence-corrected chi connectivity index (χ2v) is 9.02. The normalized spacial score (nSPS) is 15.6. The van der Waals surface area contributed by atoms with Crippen LogP contribution in [0.1, 0.15) is 73.8 Å². The van der Waals surface area contributed by atoms with Gasteiger partial charge in [-0.1, -0.05) is 18.2 Å². The number of hydrogen-bond acceptors (Lipinski definition) is 5. The number of aromatic nitrogens is 3. The van der Waals surface area contributed by atoms with Gasteiger partial charge in [0, 0.05) is 43.8 Å². The molecule has 0 radical (unpaired) electrons. The van der Waals surface area contributed by atoms with Gasteiger partial charge in [0.2, 0.25) is 5.91 Å². The van der Waals surface area contributed by atoms with Crippen molar-refractivity contribution in [1.29, 1.82) is 0 Å². The van der Waals surface area contributed by atoms with Crippen LogP contribution in [0, 0.1) is 0 Å². The van der Waals surface area contributed by atoms with E-state index in [-0.39, 0.29) is 22.9 Å². The minimum atomic E-state index is -3.08. The molecule has 1 fully saturated rings. The number of benzene rings is 1. The molecule has 7 nitrogen and oxygen atoms in total. The molecule has 1 atom stereocenters. The molecule has 36 heavy (non-hydrogen) atoms. The molecule has 11 heteroatoms. The van der Waals surface area contributed by atoms with Gasteiger partial charge in [0.05, 0.1) is 11.4 Å². The lowest BCUT2D eigenvalue weighted by Gasteiger charge is -2.31. The molecule has 0 bridgehead atoms. The third kappa shape index (κ3) is 4.78. The number of nitrogens with zero attached hydrogens (tertiary/aromatic N) is 4.